The van der Waals surface area contributed by atoms with Crippen LogP contribution >= 0.6 is 0 Å². The molecule has 0 bridgehead atoms. The first-order valence-corrected chi connectivity index (χ1v) is 6.16. The lowest BCUT2D eigenvalue weighted by Crippen LogP contribution is -2.02. The quantitative estimate of drug-likeness (QED) is 0.674. The van der Waals surface area contributed by atoms with Crippen molar-refractivity contribution in [1.29, 1.82) is 0 Å². The van der Waals surface area contributed by atoms with Gasteiger partial charge < -0.3 is 0 Å². The van der Waals surface area contributed by atoms with Crippen molar-refractivity contribution >= 4 is 0 Å². The second-order valence-corrected chi connectivity index (χ2v) is 5.14. The molecular formula is C15H24. The van der Waals surface area contributed by atoms with E-state index < -0.39 is 0 Å². The van der Waals surface area contributed by atoms with E-state index in [0.717, 1.165) is 12.3 Å². The molecule has 0 aliphatic rings. The van der Waals surface area contributed by atoms with E-state index in [0.29, 0.717) is 5.92 Å². The van der Waals surface area contributed by atoms with Crippen LogP contribution in [0.1, 0.15) is 57.2 Å². The molecule has 0 saturated carbocycles. The summed E-state index contributed by atoms with van der Waals surface area (Å²) in [6, 6.07) is 7.00. The first kappa shape index (κ1) is 12.3. The second kappa shape index (κ2) is 5.34. The van der Waals surface area contributed by atoms with Crippen LogP contribution in [0.3, 0.4) is 0 Å². The molecular weight excluding hydrogens is 180 g/mol. The van der Waals surface area contributed by atoms with E-state index in [1.54, 1.807) is 5.56 Å². The lowest BCUT2D eigenvalue weighted by molar-refractivity contribution is 0.638. The predicted molar refractivity (Wildman–Crippen MR) is 68.5 cm³/mol. The molecule has 15 heavy (non-hydrogen) atoms. The fraction of sp³-hybridized carbons (Fsp3) is 0.600. The topological polar surface area (TPSA) is 0 Å². The van der Waals surface area contributed by atoms with Crippen LogP contribution in [0.2, 0.25) is 0 Å². The third-order valence-corrected chi connectivity index (χ3v) is 2.87. The van der Waals surface area contributed by atoms with Gasteiger partial charge in [-0.15, -0.1) is 0 Å². The number of hydrogen-bond donors (Lipinski definition) is 0. The van der Waals surface area contributed by atoms with Gasteiger partial charge in [0.1, 0.15) is 0 Å². The van der Waals surface area contributed by atoms with Gasteiger partial charge in [-0.25, -0.2) is 0 Å². The van der Waals surface area contributed by atoms with Crippen molar-refractivity contribution in [3.63, 3.8) is 0 Å². The van der Waals surface area contributed by atoms with E-state index in [4.69, 9.17) is 0 Å². The van der Waals surface area contributed by atoms with Crippen molar-refractivity contribution in [3.8, 4) is 0 Å². The maximum Gasteiger partial charge on any atom is -0.0216 e. The summed E-state index contributed by atoms with van der Waals surface area (Å²) >= 11 is 0. The van der Waals surface area contributed by atoms with Crippen molar-refractivity contribution < 1.29 is 0 Å². The van der Waals surface area contributed by atoms with Crippen molar-refractivity contribution in [2.45, 2.75) is 53.4 Å². The molecule has 0 heteroatoms. The molecule has 0 radical (unpaired) electrons. The minimum absolute atomic E-state index is 0.643. The smallest absolute Gasteiger partial charge is 0.0216 e. The first-order chi connectivity index (χ1) is 7.04. The molecule has 1 aromatic rings. The fourth-order valence-corrected chi connectivity index (χ4v) is 2.06. The molecule has 0 nitrogen and oxygen atoms in total. The van der Waals surface area contributed by atoms with Crippen LogP contribution in [0.4, 0.5) is 0 Å². The summed E-state index contributed by atoms with van der Waals surface area (Å²) in [6.07, 6.45) is 2.35. The van der Waals surface area contributed by atoms with Crippen LogP contribution in [-0.2, 0) is 12.8 Å². The third kappa shape index (κ3) is 3.37. The zero-order chi connectivity index (χ0) is 11.4. The van der Waals surface area contributed by atoms with Gasteiger partial charge in [0.2, 0.25) is 0 Å². The van der Waals surface area contributed by atoms with Gasteiger partial charge in [0, 0.05) is 0 Å². The molecule has 0 unspecified atom stereocenters. The van der Waals surface area contributed by atoms with Crippen molar-refractivity contribution in [2.24, 2.45) is 5.92 Å². The maximum atomic E-state index is 2.40. The van der Waals surface area contributed by atoms with Gasteiger partial charge in [-0.3, -0.25) is 0 Å². The highest BCUT2D eigenvalue weighted by atomic mass is 14.1. The van der Waals surface area contributed by atoms with E-state index in [1.807, 2.05) is 0 Å². The van der Waals surface area contributed by atoms with Crippen LogP contribution in [0.15, 0.2) is 18.2 Å². The van der Waals surface area contributed by atoms with Gasteiger partial charge in [0.15, 0.2) is 0 Å². The monoisotopic (exact) mass is 204 g/mol. The highest BCUT2D eigenvalue weighted by Gasteiger charge is 2.08. The highest BCUT2D eigenvalue weighted by Crippen LogP contribution is 2.23. The molecule has 0 saturated heterocycles. The Labute approximate surface area is 94.7 Å². The third-order valence-electron chi connectivity index (χ3n) is 2.87. The van der Waals surface area contributed by atoms with Crippen molar-refractivity contribution in [2.75, 3.05) is 0 Å². The largest absolute Gasteiger partial charge is 0.0625 e. The Kier molecular flexibility index (Phi) is 4.38. The van der Waals surface area contributed by atoms with Crippen LogP contribution in [0, 0.1) is 5.92 Å². The Hall–Kier alpha value is -0.780. The van der Waals surface area contributed by atoms with Crippen molar-refractivity contribution in [3.05, 3.63) is 34.9 Å². The van der Waals surface area contributed by atoms with E-state index in [2.05, 4.69) is 52.8 Å². The lowest BCUT2D eigenvalue weighted by atomic mass is 9.90. The first-order valence-electron chi connectivity index (χ1n) is 6.16. The zero-order valence-electron chi connectivity index (χ0n) is 10.8. The number of aryl methyl sites for hydroxylation is 1. The van der Waals surface area contributed by atoms with Crippen LogP contribution in [0.5, 0.6) is 0 Å². The zero-order valence-corrected chi connectivity index (χ0v) is 10.8. The SMILES string of the molecule is CCc1ccc(C(C)C)c(CC(C)C)c1. The van der Waals surface area contributed by atoms with Gasteiger partial charge in [-0.2, -0.15) is 0 Å². The van der Waals surface area contributed by atoms with E-state index in [9.17, 15) is 0 Å². The number of benzene rings is 1. The van der Waals surface area contributed by atoms with E-state index >= 15 is 0 Å². The predicted octanol–water partition coefficient (Wildman–Crippen LogP) is 4.57. The van der Waals surface area contributed by atoms with E-state index in [-0.39, 0.29) is 0 Å². The Morgan fingerprint density at radius 1 is 1.07 bits per heavy atom. The molecule has 0 aromatic heterocycles. The Morgan fingerprint density at radius 3 is 2.20 bits per heavy atom. The number of rotatable bonds is 4. The van der Waals surface area contributed by atoms with Gasteiger partial charge in [-0.05, 0) is 41.4 Å². The minimum Gasteiger partial charge on any atom is -0.0625 e. The summed E-state index contributed by atoms with van der Waals surface area (Å²) in [5, 5.41) is 0. The molecule has 0 aliphatic heterocycles. The van der Waals surface area contributed by atoms with Gasteiger partial charge >= 0.3 is 0 Å². The minimum atomic E-state index is 0.643. The molecule has 0 heterocycles. The Morgan fingerprint density at radius 2 is 1.73 bits per heavy atom. The summed E-state index contributed by atoms with van der Waals surface area (Å²) in [7, 11) is 0. The summed E-state index contributed by atoms with van der Waals surface area (Å²) in [5.41, 5.74) is 4.55. The van der Waals surface area contributed by atoms with Crippen molar-refractivity contribution in [1.82, 2.24) is 0 Å². The summed E-state index contributed by atoms with van der Waals surface area (Å²) in [6.45, 7) is 11.4. The Bertz CT molecular complexity index is 308. The molecule has 1 rings (SSSR count). The summed E-state index contributed by atoms with van der Waals surface area (Å²) in [5.74, 6) is 1.39. The average molecular weight is 204 g/mol. The maximum absolute atomic E-state index is 2.40. The fourth-order valence-electron chi connectivity index (χ4n) is 2.06. The van der Waals surface area contributed by atoms with Crippen LogP contribution in [0.25, 0.3) is 0 Å². The molecule has 1 aromatic carbocycles. The standard InChI is InChI=1S/C15H24/c1-6-13-7-8-15(12(4)5)14(10-13)9-11(2)3/h7-8,10-12H,6,9H2,1-5H3. The van der Waals surface area contributed by atoms with Gasteiger partial charge in [0.25, 0.3) is 0 Å². The normalized spacial score (nSPS) is 11.4. The molecule has 0 fully saturated rings. The summed E-state index contributed by atoms with van der Waals surface area (Å²) < 4.78 is 0. The van der Waals surface area contributed by atoms with Crippen LogP contribution in [-0.4, -0.2) is 0 Å². The molecule has 0 atom stereocenters. The molecule has 0 N–H and O–H groups in total. The van der Waals surface area contributed by atoms with E-state index in [1.165, 1.54) is 17.5 Å². The van der Waals surface area contributed by atoms with Gasteiger partial charge in [0.05, 0.1) is 0 Å². The average Bonchev–Trinajstić information content (AvgIpc) is 2.16. The van der Waals surface area contributed by atoms with Crippen LogP contribution < -0.4 is 0 Å². The second-order valence-electron chi connectivity index (χ2n) is 5.14. The van der Waals surface area contributed by atoms with Gasteiger partial charge in [-0.1, -0.05) is 52.8 Å². The highest BCUT2D eigenvalue weighted by molar-refractivity contribution is 5.34. The molecule has 0 spiro atoms. The lowest BCUT2D eigenvalue weighted by Gasteiger charge is -2.15. The summed E-state index contributed by atoms with van der Waals surface area (Å²) in [4.78, 5) is 0. The molecule has 0 amide bonds. The number of hydrogen-bond acceptors (Lipinski definition) is 0. The Balaban J connectivity index is 3.05. The molecule has 0 aliphatic carbocycles. The molecule has 84 valence electrons.